The average Bonchev–Trinajstić information content (AvgIpc) is 3.84. The number of hydrogen-bond acceptors (Lipinski definition) is 0. The summed E-state index contributed by atoms with van der Waals surface area (Å²) < 4.78 is 0. The molecular weight excluding hydrogens is 649 g/mol. The molecule has 0 spiro atoms. The van der Waals surface area contributed by atoms with Gasteiger partial charge in [-0.3, -0.25) is 0 Å². The molecule has 10 rings (SSSR count). The van der Waals surface area contributed by atoms with Gasteiger partial charge in [-0.15, -0.1) is 0 Å². The van der Waals surface area contributed by atoms with Gasteiger partial charge in [0.25, 0.3) is 0 Å². The molecule has 0 bridgehead atoms. The van der Waals surface area contributed by atoms with E-state index in [2.05, 4.69) is 165 Å². The molecule has 0 nitrogen and oxygen atoms in total. The largest absolute Gasteiger partial charge is 0.0985 e. The molecule has 3 aliphatic carbocycles. The Hall–Kier alpha value is -6.24. The van der Waals surface area contributed by atoms with Crippen molar-refractivity contribution in [2.75, 3.05) is 0 Å². The molecule has 7 aromatic carbocycles. The highest BCUT2D eigenvalue weighted by molar-refractivity contribution is 6.03. The second-order valence-corrected chi connectivity index (χ2v) is 15.1. The van der Waals surface area contributed by atoms with Crippen molar-refractivity contribution in [1.82, 2.24) is 0 Å². The van der Waals surface area contributed by atoms with E-state index in [9.17, 15) is 0 Å². The molecule has 0 radical (unpaired) electrons. The van der Waals surface area contributed by atoms with Crippen LogP contribution in [-0.4, -0.2) is 0 Å². The van der Waals surface area contributed by atoms with Crippen molar-refractivity contribution in [3.8, 4) is 33.4 Å². The van der Waals surface area contributed by atoms with E-state index in [1.54, 1.807) is 0 Å². The van der Waals surface area contributed by atoms with Gasteiger partial charge in [0.15, 0.2) is 0 Å². The number of rotatable bonds is 9. The average molecular weight is 691 g/mol. The van der Waals surface area contributed by atoms with Gasteiger partial charge in [0, 0.05) is 17.8 Å². The minimum Gasteiger partial charge on any atom is -0.0985 e. The first kappa shape index (κ1) is 32.4. The number of hydrogen-bond donors (Lipinski definition) is 0. The predicted octanol–water partition coefficient (Wildman–Crippen LogP) is 13.7. The van der Waals surface area contributed by atoms with Gasteiger partial charge in [0.2, 0.25) is 0 Å². The molecule has 0 saturated carbocycles. The summed E-state index contributed by atoms with van der Waals surface area (Å²) in [5, 5.41) is 0. The Balaban J connectivity index is 1.32. The molecule has 0 aromatic heterocycles. The van der Waals surface area contributed by atoms with Crippen LogP contribution in [0.25, 0.3) is 51.6 Å². The first-order valence-electron chi connectivity index (χ1n) is 19.3. The topological polar surface area (TPSA) is 0 Å². The summed E-state index contributed by atoms with van der Waals surface area (Å²) in [6.45, 7) is 12.7. The molecule has 7 aromatic rings. The molecule has 3 aliphatic rings. The van der Waals surface area contributed by atoms with Crippen molar-refractivity contribution in [3.63, 3.8) is 0 Å². The fourth-order valence-electron chi connectivity index (χ4n) is 10.3. The molecule has 0 heterocycles. The third kappa shape index (κ3) is 4.83. The molecule has 0 heteroatoms. The lowest BCUT2D eigenvalue weighted by atomic mass is 9.77. The van der Waals surface area contributed by atoms with Crippen LogP contribution < -0.4 is 0 Å². The first-order chi connectivity index (χ1) is 26.7. The Morgan fingerprint density at radius 1 is 0.333 bits per heavy atom. The van der Waals surface area contributed by atoms with Crippen LogP contribution in [0, 0.1) is 0 Å². The second-order valence-electron chi connectivity index (χ2n) is 15.1. The predicted molar refractivity (Wildman–Crippen MR) is 229 cm³/mol. The Morgan fingerprint density at radius 2 is 0.593 bits per heavy atom. The van der Waals surface area contributed by atoms with E-state index in [0.717, 1.165) is 19.3 Å². The molecule has 3 atom stereocenters. The number of benzene rings is 7. The lowest BCUT2D eigenvalue weighted by Gasteiger charge is -2.25. The highest BCUT2D eigenvalue weighted by atomic mass is 14.5. The normalized spacial score (nSPS) is 16.8. The Labute approximate surface area is 319 Å². The van der Waals surface area contributed by atoms with Gasteiger partial charge in [-0.2, -0.15) is 0 Å². The Morgan fingerprint density at radius 3 is 0.889 bits per heavy atom. The quantitative estimate of drug-likeness (QED) is 0.141. The minimum absolute atomic E-state index is 0.202. The fourth-order valence-corrected chi connectivity index (χ4v) is 10.3. The van der Waals surface area contributed by atoms with Crippen molar-refractivity contribution in [2.24, 2.45) is 0 Å². The summed E-state index contributed by atoms with van der Waals surface area (Å²) in [5.74, 6) is 0.607. The summed E-state index contributed by atoms with van der Waals surface area (Å²) in [4.78, 5) is 0. The van der Waals surface area contributed by atoms with Crippen molar-refractivity contribution >= 4 is 18.2 Å². The molecule has 0 fully saturated rings. The van der Waals surface area contributed by atoms with Crippen LogP contribution in [0.2, 0.25) is 0 Å². The maximum Gasteiger partial charge on any atom is 0.0149 e. The molecule has 0 saturated heterocycles. The maximum absolute atomic E-state index is 4.23. The van der Waals surface area contributed by atoms with Crippen LogP contribution >= 0.6 is 0 Å². The van der Waals surface area contributed by atoms with Crippen LogP contribution in [-0.2, 0) is 19.3 Å². The lowest BCUT2D eigenvalue weighted by molar-refractivity contribution is 0.800. The van der Waals surface area contributed by atoms with E-state index < -0.39 is 0 Å². The monoisotopic (exact) mass is 690 g/mol. The summed E-state index contributed by atoms with van der Waals surface area (Å²) in [6.07, 6.45) is 8.82. The third-order valence-corrected chi connectivity index (χ3v) is 12.6. The summed E-state index contributed by atoms with van der Waals surface area (Å²) in [6, 6.07) is 54.4. The molecule has 0 N–H and O–H groups in total. The molecule has 258 valence electrons. The second kappa shape index (κ2) is 13.0. The summed E-state index contributed by atoms with van der Waals surface area (Å²) in [7, 11) is 0. The smallest absolute Gasteiger partial charge is 0.0149 e. The van der Waals surface area contributed by atoms with Crippen LogP contribution in [0.15, 0.2) is 165 Å². The zero-order chi connectivity index (χ0) is 36.3. The lowest BCUT2D eigenvalue weighted by Crippen LogP contribution is -2.10. The fraction of sp³-hybridized carbons (Fsp3) is 0.111. The Kier molecular flexibility index (Phi) is 7.81. The zero-order valence-corrected chi connectivity index (χ0v) is 30.6. The van der Waals surface area contributed by atoms with Gasteiger partial charge in [-0.1, -0.05) is 184 Å². The zero-order valence-electron chi connectivity index (χ0n) is 30.6. The van der Waals surface area contributed by atoms with E-state index >= 15 is 0 Å². The highest BCUT2D eigenvalue weighted by Gasteiger charge is 2.46. The van der Waals surface area contributed by atoms with Gasteiger partial charge in [0.05, 0.1) is 0 Å². The van der Waals surface area contributed by atoms with E-state index in [1.807, 2.05) is 18.2 Å². The third-order valence-electron chi connectivity index (χ3n) is 12.6. The first-order valence-corrected chi connectivity index (χ1v) is 19.3. The van der Waals surface area contributed by atoms with E-state index in [1.165, 1.54) is 100 Å². The van der Waals surface area contributed by atoms with Gasteiger partial charge >= 0.3 is 0 Å². The summed E-state index contributed by atoms with van der Waals surface area (Å²) >= 11 is 0. The van der Waals surface area contributed by atoms with Crippen LogP contribution in [0.3, 0.4) is 0 Å². The molecule has 0 unspecified atom stereocenters. The van der Waals surface area contributed by atoms with Gasteiger partial charge in [-0.25, -0.2) is 0 Å². The van der Waals surface area contributed by atoms with Crippen LogP contribution in [0.4, 0.5) is 0 Å². The van der Waals surface area contributed by atoms with E-state index in [4.69, 9.17) is 0 Å². The molecular formula is C54H42. The van der Waals surface area contributed by atoms with E-state index in [-0.39, 0.29) is 17.8 Å². The highest BCUT2D eigenvalue weighted by Crippen LogP contribution is 2.65. The maximum atomic E-state index is 4.23. The van der Waals surface area contributed by atoms with Crippen molar-refractivity contribution < 1.29 is 0 Å². The van der Waals surface area contributed by atoms with Gasteiger partial charge in [0.1, 0.15) is 0 Å². The summed E-state index contributed by atoms with van der Waals surface area (Å²) in [5.41, 5.74) is 25.0. The van der Waals surface area contributed by atoms with E-state index in [0.29, 0.717) is 0 Å². The number of fused-ring (bicyclic) bond motifs is 12. The molecule has 54 heavy (non-hydrogen) atoms. The molecule has 0 amide bonds. The Bertz CT molecular complexity index is 2350. The van der Waals surface area contributed by atoms with Crippen LogP contribution in [0.5, 0.6) is 0 Å². The minimum atomic E-state index is 0.202. The van der Waals surface area contributed by atoms with Crippen molar-refractivity contribution in [1.29, 1.82) is 0 Å². The van der Waals surface area contributed by atoms with Gasteiger partial charge in [-0.05, 0) is 119 Å². The van der Waals surface area contributed by atoms with Gasteiger partial charge < -0.3 is 0 Å². The standard InChI is InChI=1S/C54H42/c1-4-34-19-7-10-22-37(34)31-46-40-25-13-16-28-43(40)49-52(46)50-44-29-17-14-26-41(44)47(32-38-23-11-8-20-35(38)5-2)54(50)51-45-30-18-15-27-42(45)48(53(49)51)33-39-24-12-9-21-36(39)6-3/h4-30,46-48H,1-3,31-33H2/t46-,47-,48-/m1/s1. The molecule has 0 aliphatic heterocycles. The van der Waals surface area contributed by atoms with Crippen LogP contribution in [0.1, 0.15) is 84.5 Å². The van der Waals surface area contributed by atoms with Crippen molar-refractivity contribution in [3.05, 3.63) is 232 Å². The van der Waals surface area contributed by atoms with Crippen molar-refractivity contribution in [2.45, 2.75) is 37.0 Å². The SMILES string of the molecule is C=Cc1ccccc1C[C@@H]1c2ccccc2-c2c1c1c(c3c2[C@H](Cc2ccccc2C=C)c2ccccc2-3)[C@H](Cc2ccccc2C=C)c2ccccc2-1.